The minimum Gasteiger partial charge on any atom is -0.508 e. The molecule has 1 heterocycles. The fraction of sp³-hybridized carbons (Fsp3) is 0.533. The van der Waals surface area contributed by atoms with Gasteiger partial charge in [-0.3, -0.25) is 4.79 Å². The Hall–Kier alpha value is -1.63. The minimum absolute atomic E-state index is 0.148. The molecule has 6 heteroatoms. The van der Waals surface area contributed by atoms with Crippen LogP contribution in [-0.2, 0) is 20.7 Å². The van der Waals surface area contributed by atoms with E-state index in [-0.39, 0.29) is 17.8 Å². The molecular weight excluding hydrogens is 272 g/mol. The van der Waals surface area contributed by atoms with Crippen LogP contribution in [0.1, 0.15) is 19.4 Å². The third kappa shape index (κ3) is 4.70. The molecule has 0 radical (unpaired) electrons. The Bertz CT molecular complexity index is 487. The second-order valence-corrected chi connectivity index (χ2v) is 5.67. The van der Waals surface area contributed by atoms with Crippen molar-refractivity contribution >= 4 is 5.91 Å². The lowest BCUT2D eigenvalue weighted by Crippen LogP contribution is -2.45. The van der Waals surface area contributed by atoms with Crippen LogP contribution in [0.5, 0.6) is 5.75 Å². The van der Waals surface area contributed by atoms with Crippen LogP contribution in [0.15, 0.2) is 24.3 Å². The molecule has 1 aromatic carbocycles. The Kier molecular flexibility index (Phi) is 4.82. The van der Waals surface area contributed by atoms with Gasteiger partial charge in [0.2, 0.25) is 5.91 Å². The van der Waals surface area contributed by atoms with Crippen LogP contribution in [0.3, 0.4) is 0 Å². The highest BCUT2D eigenvalue weighted by Crippen LogP contribution is 2.21. The fourth-order valence-corrected chi connectivity index (χ4v) is 2.19. The third-order valence-electron chi connectivity index (χ3n) is 3.30. The van der Waals surface area contributed by atoms with E-state index in [4.69, 9.17) is 15.2 Å². The molecule has 1 amide bonds. The van der Waals surface area contributed by atoms with Crippen LogP contribution >= 0.6 is 0 Å². The quantitative estimate of drug-likeness (QED) is 0.736. The van der Waals surface area contributed by atoms with E-state index >= 15 is 0 Å². The molecule has 6 nitrogen and oxygen atoms in total. The fourth-order valence-electron chi connectivity index (χ4n) is 2.19. The molecule has 1 aliphatic rings. The molecule has 21 heavy (non-hydrogen) atoms. The average molecular weight is 294 g/mol. The van der Waals surface area contributed by atoms with Gasteiger partial charge in [0, 0.05) is 6.54 Å². The normalized spacial score (nSPS) is 22.0. The van der Waals surface area contributed by atoms with Gasteiger partial charge in [-0.25, -0.2) is 0 Å². The number of nitrogens with one attached hydrogen (secondary N) is 1. The van der Waals surface area contributed by atoms with Crippen molar-refractivity contribution in [2.75, 3.05) is 13.2 Å². The highest BCUT2D eigenvalue weighted by Gasteiger charge is 2.32. The second kappa shape index (κ2) is 6.43. The van der Waals surface area contributed by atoms with E-state index in [0.717, 1.165) is 5.56 Å². The first-order valence-corrected chi connectivity index (χ1v) is 6.99. The Balaban J connectivity index is 1.76. The summed E-state index contributed by atoms with van der Waals surface area (Å²) in [5, 5.41) is 12.0. The molecule has 1 unspecified atom stereocenters. The summed E-state index contributed by atoms with van der Waals surface area (Å²) in [5.74, 6) is -0.627. The van der Waals surface area contributed by atoms with Crippen LogP contribution in [0.25, 0.3) is 0 Å². The molecule has 0 saturated carbocycles. The number of hydrogen-bond acceptors (Lipinski definition) is 5. The number of hydrogen-bond donors (Lipinski definition) is 3. The molecule has 2 atom stereocenters. The zero-order chi connectivity index (χ0) is 15.5. The average Bonchev–Trinajstić information content (AvgIpc) is 2.78. The Morgan fingerprint density at radius 3 is 2.71 bits per heavy atom. The standard InChI is InChI=1S/C15H22N2O4/c1-15(2)20-9-12(21-15)8-17-14(19)13(16)7-10-3-5-11(18)6-4-10/h3-6,12-13,18H,7-9,16H2,1-2H3,(H,17,19)/t12?,13-/m1/s1. The number of carbonyl (C=O) groups excluding carboxylic acids is 1. The summed E-state index contributed by atoms with van der Waals surface area (Å²) in [6.45, 7) is 4.52. The zero-order valence-corrected chi connectivity index (χ0v) is 12.3. The van der Waals surface area contributed by atoms with Gasteiger partial charge < -0.3 is 25.6 Å². The molecular formula is C15H22N2O4. The van der Waals surface area contributed by atoms with Crippen molar-refractivity contribution in [2.45, 2.75) is 38.2 Å². The van der Waals surface area contributed by atoms with Gasteiger partial charge in [-0.1, -0.05) is 12.1 Å². The summed E-state index contributed by atoms with van der Waals surface area (Å²) in [6, 6.07) is 6.01. The van der Waals surface area contributed by atoms with Gasteiger partial charge in [0.1, 0.15) is 11.9 Å². The highest BCUT2D eigenvalue weighted by atomic mass is 16.7. The first-order chi connectivity index (χ1) is 9.85. The third-order valence-corrected chi connectivity index (χ3v) is 3.30. The van der Waals surface area contributed by atoms with E-state index in [9.17, 15) is 9.90 Å². The van der Waals surface area contributed by atoms with Crippen molar-refractivity contribution in [3.05, 3.63) is 29.8 Å². The van der Waals surface area contributed by atoms with E-state index in [1.54, 1.807) is 24.3 Å². The molecule has 4 N–H and O–H groups in total. The minimum atomic E-state index is -0.634. The number of phenolic OH excluding ortho intramolecular Hbond substituents is 1. The van der Waals surface area contributed by atoms with Crippen molar-refractivity contribution in [2.24, 2.45) is 5.73 Å². The molecule has 0 aromatic heterocycles. The maximum Gasteiger partial charge on any atom is 0.237 e. The Morgan fingerprint density at radius 1 is 1.48 bits per heavy atom. The van der Waals surface area contributed by atoms with E-state index in [1.807, 2.05) is 13.8 Å². The zero-order valence-electron chi connectivity index (χ0n) is 12.3. The molecule has 0 bridgehead atoms. The predicted molar refractivity (Wildman–Crippen MR) is 77.7 cm³/mol. The number of benzene rings is 1. The van der Waals surface area contributed by atoms with Crippen molar-refractivity contribution < 1.29 is 19.4 Å². The number of aromatic hydroxyl groups is 1. The van der Waals surface area contributed by atoms with Crippen LogP contribution in [-0.4, -0.2) is 42.1 Å². The molecule has 1 aliphatic heterocycles. The van der Waals surface area contributed by atoms with Gasteiger partial charge in [0.05, 0.1) is 12.6 Å². The van der Waals surface area contributed by atoms with E-state index in [1.165, 1.54) is 0 Å². The van der Waals surface area contributed by atoms with Crippen LogP contribution < -0.4 is 11.1 Å². The number of carbonyl (C=O) groups is 1. The number of nitrogens with two attached hydrogens (primary N) is 1. The number of phenols is 1. The maximum absolute atomic E-state index is 12.0. The van der Waals surface area contributed by atoms with Crippen LogP contribution in [0.4, 0.5) is 0 Å². The van der Waals surface area contributed by atoms with Crippen LogP contribution in [0.2, 0.25) is 0 Å². The molecule has 0 spiro atoms. The van der Waals surface area contributed by atoms with Crippen molar-refractivity contribution in [1.82, 2.24) is 5.32 Å². The van der Waals surface area contributed by atoms with Gasteiger partial charge in [-0.2, -0.15) is 0 Å². The monoisotopic (exact) mass is 294 g/mol. The Labute approximate surface area is 124 Å². The van der Waals surface area contributed by atoms with Crippen LogP contribution in [0, 0.1) is 0 Å². The summed E-state index contributed by atoms with van der Waals surface area (Å²) in [5.41, 5.74) is 6.78. The predicted octanol–water partition coefficient (Wildman–Crippen LogP) is 0.530. The highest BCUT2D eigenvalue weighted by molar-refractivity contribution is 5.81. The number of rotatable bonds is 5. The lowest BCUT2D eigenvalue weighted by molar-refractivity contribution is -0.139. The number of amides is 1. The van der Waals surface area contributed by atoms with Gasteiger partial charge in [0.15, 0.2) is 5.79 Å². The first kappa shape index (κ1) is 15.8. The molecule has 1 fully saturated rings. The first-order valence-electron chi connectivity index (χ1n) is 6.99. The van der Waals surface area contributed by atoms with Gasteiger partial charge in [0.25, 0.3) is 0 Å². The largest absolute Gasteiger partial charge is 0.508 e. The molecule has 116 valence electrons. The Morgan fingerprint density at radius 2 is 2.14 bits per heavy atom. The summed E-state index contributed by atoms with van der Waals surface area (Å²) in [6.07, 6.45) is 0.268. The number of ether oxygens (including phenoxy) is 2. The van der Waals surface area contributed by atoms with E-state index in [2.05, 4.69) is 5.32 Å². The summed E-state index contributed by atoms with van der Waals surface area (Å²) in [7, 11) is 0. The summed E-state index contributed by atoms with van der Waals surface area (Å²) < 4.78 is 11.0. The SMILES string of the molecule is CC1(C)OCC(CNC(=O)[C@H](N)Cc2ccc(O)cc2)O1. The van der Waals surface area contributed by atoms with Crippen molar-refractivity contribution in [3.8, 4) is 5.75 Å². The molecule has 2 rings (SSSR count). The molecule has 1 aromatic rings. The summed E-state index contributed by atoms with van der Waals surface area (Å²) >= 11 is 0. The van der Waals surface area contributed by atoms with E-state index in [0.29, 0.717) is 19.6 Å². The summed E-state index contributed by atoms with van der Waals surface area (Å²) in [4.78, 5) is 12.0. The lowest BCUT2D eigenvalue weighted by Gasteiger charge is -2.18. The molecule has 0 aliphatic carbocycles. The van der Waals surface area contributed by atoms with Gasteiger partial charge >= 0.3 is 0 Å². The van der Waals surface area contributed by atoms with Gasteiger partial charge in [-0.15, -0.1) is 0 Å². The van der Waals surface area contributed by atoms with E-state index < -0.39 is 11.8 Å². The smallest absolute Gasteiger partial charge is 0.237 e. The second-order valence-electron chi connectivity index (χ2n) is 5.67. The lowest BCUT2D eigenvalue weighted by atomic mass is 10.1. The maximum atomic E-state index is 12.0. The topological polar surface area (TPSA) is 93.8 Å². The van der Waals surface area contributed by atoms with Gasteiger partial charge in [-0.05, 0) is 38.0 Å². The van der Waals surface area contributed by atoms with Crippen molar-refractivity contribution in [3.63, 3.8) is 0 Å². The van der Waals surface area contributed by atoms with Crippen molar-refractivity contribution in [1.29, 1.82) is 0 Å². The molecule has 1 saturated heterocycles.